The van der Waals surface area contributed by atoms with E-state index < -0.39 is 11.9 Å². The number of nitrogens with zero attached hydrogens (tertiary/aromatic N) is 1. The zero-order chi connectivity index (χ0) is 22.2. The van der Waals surface area contributed by atoms with Crippen molar-refractivity contribution in [3.63, 3.8) is 0 Å². The summed E-state index contributed by atoms with van der Waals surface area (Å²) in [5, 5.41) is 16.1. The van der Waals surface area contributed by atoms with Crippen molar-refractivity contribution in [2.45, 2.75) is 38.1 Å². The van der Waals surface area contributed by atoms with Gasteiger partial charge in [0.05, 0.1) is 11.3 Å². The van der Waals surface area contributed by atoms with Gasteiger partial charge in [0.2, 0.25) is 11.8 Å². The van der Waals surface area contributed by atoms with E-state index in [-0.39, 0.29) is 17.8 Å². The summed E-state index contributed by atoms with van der Waals surface area (Å²) in [5.74, 6) is -0.393. The molecule has 1 aromatic rings. The number of nitrogens with one attached hydrogen (secondary N) is 4. The molecule has 0 radical (unpaired) electrons. The van der Waals surface area contributed by atoms with Crippen molar-refractivity contribution in [2.75, 3.05) is 25.0 Å². The Morgan fingerprint density at radius 3 is 2.68 bits per heavy atom. The van der Waals surface area contributed by atoms with Crippen LogP contribution in [0.3, 0.4) is 0 Å². The van der Waals surface area contributed by atoms with Gasteiger partial charge in [-0.1, -0.05) is 24.3 Å². The summed E-state index contributed by atoms with van der Waals surface area (Å²) in [7, 11) is 0. The second-order valence-electron chi connectivity index (χ2n) is 7.93. The van der Waals surface area contributed by atoms with E-state index in [2.05, 4.69) is 16.0 Å². The minimum Gasteiger partial charge on any atom is -0.370 e. The quantitative estimate of drug-likeness (QED) is 0.280. The lowest BCUT2D eigenvalue weighted by atomic mass is 9.97. The Morgan fingerprint density at radius 2 is 1.94 bits per heavy atom. The van der Waals surface area contributed by atoms with Gasteiger partial charge >= 0.3 is 0 Å². The third kappa shape index (κ3) is 6.31. The first-order valence-corrected chi connectivity index (χ1v) is 10.7. The zero-order valence-electron chi connectivity index (χ0n) is 17.5. The number of rotatable bonds is 3. The fourth-order valence-corrected chi connectivity index (χ4v) is 3.78. The number of likely N-dealkylation sites (tertiary alicyclic amines) is 1. The van der Waals surface area contributed by atoms with E-state index in [9.17, 15) is 14.4 Å². The molecule has 0 spiro atoms. The summed E-state index contributed by atoms with van der Waals surface area (Å²) in [4.78, 5) is 39.6. The van der Waals surface area contributed by atoms with Crippen molar-refractivity contribution < 1.29 is 14.4 Å². The monoisotopic (exact) mass is 426 g/mol. The van der Waals surface area contributed by atoms with Gasteiger partial charge in [-0.05, 0) is 43.7 Å². The first-order chi connectivity index (χ1) is 14.9. The highest BCUT2D eigenvalue weighted by molar-refractivity contribution is 6.05. The average molecular weight is 427 g/mol. The first kappa shape index (κ1) is 22.3. The van der Waals surface area contributed by atoms with Gasteiger partial charge in [0.25, 0.3) is 5.91 Å². The smallest absolute Gasteiger partial charge is 0.254 e. The Morgan fingerprint density at radius 1 is 1.19 bits per heavy atom. The van der Waals surface area contributed by atoms with Crippen molar-refractivity contribution in [1.82, 2.24) is 15.5 Å². The molecule has 2 aliphatic heterocycles. The van der Waals surface area contributed by atoms with Gasteiger partial charge in [0.1, 0.15) is 6.04 Å². The average Bonchev–Trinajstić information content (AvgIpc) is 2.76. The summed E-state index contributed by atoms with van der Waals surface area (Å²) >= 11 is 0. The van der Waals surface area contributed by atoms with Crippen LogP contribution in [0.2, 0.25) is 0 Å². The molecule has 0 aromatic heterocycles. The summed E-state index contributed by atoms with van der Waals surface area (Å²) in [6.07, 6.45) is 6.61. The molecule has 6 N–H and O–H groups in total. The van der Waals surface area contributed by atoms with Gasteiger partial charge < -0.3 is 26.6 Å². The van der Waals surface area contributed by atoms with Crippen LogP contribution in [0.1, 0.15) is 42.5 Å². The maximum atomic E-state index is 12.8. The van der Waals surface area contributed by atoms with Crippen molar-refractivity contribution in [3.05, 3.63) is 42.0 Å². The second kappa shape index (κ2) is 10.6. The van der Waals surface area contributed by atoms with Crippen molar-refractivity contribution in [1.29, 1.82) is 5.41 Å². The van der Waals surface area contributed by atoms with Gasteiger partial charge in [-0.25, -0.2) is 0 Å². The number of para-hydroxylation sites is 1. The Balaban J connectivity index is 1.63. The number of allylic oxidation sites excluding steroid dienone is 1. The Bertz CT molecular complexity index is 861. The van der Waals surface area contributed by atoms with Crippen LogP contribution in [0.15, 0.2) is 36.4 Å². The molecule has 1 saturated heterocycles. The summed E-state index contributed by atoms with van der Waals surface area (Å²) in [6.45, 7) is 1.94. The van der Waals surface area contributed by atoms with E-state index in [1.807, 2.05) is 17.1 Å². The van der Waals surface area contributed by atoms with Crippen LogP contribution in [0.25, 0.3) is 0 Å². The number of carbonyl (C=O) groups excluding carboxylic acids is 3. The molecule has 0 bridgehead atoms. The van der Waals surface area contributed by atoms with Gasteiger partial charge in [-0.15, -0.1) is 0 Å². The number of guanidine groups is 1. The van der Waals surface area contributed by atoms with Crippen molar-refractivity contribution in [3.8, 4) is 0 Å². The standard InChI is InChI=1S/C22H30N6O3/c23-22(24)28-12-10-15(11-13-28)14-25-21(31)18-8-2-1-3-9-19(29)26-17-7-5-4-6-16(17)20(30)27-18/h1-2,4-7,15,18H,3,8-14H2,(H3,23,24)(H,25,31)(H,26,29)(H,27,30)/b2-1+. The largest absolute Gasteiger partial charge is 0.370 e. The van der Waals surface area contributed by atoms with Crippen LogP contribution in [0.5, 0.6) is 0 Å². The molecule has 9 nitrogen and oxygen atoms in total. The SMILES string of the molecule is N=C(N)N1CCC(CNC(=O)C2C/C=C/CCC(=O)Nc3ccccc3C(=O)N2)CC1. The topological polar surface area (TPSA) is 140 Å². The van der Waals surface area contributed by atoms with Crippen LogP contribution < -0.4 is 21.7 Å². The van der Waals surface area contributed by atoms with Gasteiger partial charge in [0.15, 0.2) is 5.96 Å². The molecule has 3 amide bonds. The Kier molecular flexibility index (Phi) is 7.64. The van der Waals surface area contributed by atoms with Crippen molar-refractivity contribution in [2.24, 2.45) is 11.7 Å². The summed E-state index contributed by atoms with van der Waals surface area (Å²) in [5.41, 5.74) is 6.29. The molecule has 0 saturated carbocycles. The van der Waals surface area contributed by atoms with Crippen LogP contribution in [0.4, 0.5) is 5.69 Å². The number of fused-ring (bicyclic) bond motifs is 1. The molecule has 31 heavy (non-hydrogen) atoms. The summed E-state index contributed by atoms with van der Waals surface area (Å²) in [6, 6.07) is 6.07. The molecule has 9 heteroatoms. The predicted molar refractivity (Wildman–Crippen MR) is 119 cm³/mol. The van der Waals surface area contributed by atoms with E-state index in [0.717, 1.165) is 12.8 Å². The lowest BCUT2D eigenvalue weighted by Gasteiger charge is -2.32. The minimum atomic E-state index is -0.704. The number of nitrogens with two attached hydrogens (primary N) is 1. The molecular weight excluding hydrogens is 396 g/mol. The maximum Gasteiger partial charge on any atom is 0.254 e. The third-order valence-corrected chi connectivity index (χ3v) is 5.66. The van der Waals surface area contributed by atoms with Gasteiger partial charge in [-0.2, -0.15) is 0 Å². The molecule has 0 aliphatic carbocycles. The van der Waals surface area contributed by atoms with E-state index in [4.69, 9.17) is 11.1 Å². The van der Waals surface area contributed by atoms with Crippen LogP contribution >= 0.6 is 0 Å². The van der Waals surface area contributed by atoms with Gasteiger partial charge in [0, 0.05) is 26.1 Å². The molecule has 1 unspecified atom stereocenters. The molecule has 1 atom stereocenters. The molecule has 1 aromatic carbocycles. The first-order valence-electron chi connectivity index (χ1n) is 10.7. The Hall–Kier alpha value is -3.36. The minimum absolute atomic E-state index is 0.0849. The highest BCUT2D eigenvalue weighted by atomic mass is 16.2. The number of amides is 3. The van der Waals surface area contributed by atoms with E-state index in [1.165, 1.54) is 0 Å². The zero-order valence-corrected chi connectivity index (χ0v) is 17.5. The fourth-order valence-electron chi connectivity index (χ4n) is 3.78. The molecule has 3 rings (SSSR count). The molecule has 2 heterocycles. The molecular formula is C22H30N6O3. The van der Waals surface area contributed by atoms with Crippen LogP contribution in [0, 0.1) is 11.3 Å². The maximum absolute atomic E-state index is 12.8. The molecule has 1 fully saturated rings. The normalized spacial score (nSPS) is 21.5. The number of anilines is 1. The highest BCUT2D eigenvalue weighted by Crippen LogP contribution is 2.18. The van der Waals surface area contributed by atoms with Crippen molar-refractivity contribution >= 4 is 29.4 Å². The molecule has 2 aliphatic rings. The lowest BCUT2D eigenvalue weighted by Crippen LogP contribution is -2.49. The predicted octanol–water partition coefficient (Wildman–Crippen LogP) is 1.19. The summed E-state index contributed by atoms with van der Waals surface area (Å²) < 4.78 is 0. The third-order valence-electron chi connectivity index (χ3n) is 5.66. The van der Waals surface area contributed by atoms with Crippen LogP contribution in [-0.4, -0.2) is 54.3 Å². The number of benzene rings is 1. The molecule has 166 valence electrons. The highest BCUT2D eigenvalue weighted by Gasteiger charge is 2.25. The van der Waals surface area contributed by atoms with E-state index >= 15 is 0 Å². The number of hydrogen-bond donors (Lipinski definition) is 5. The second-order valence-corrected chi connectivity index (χ2v) is 7.93. The number of piperidine rings is 1. The van der Waals surface area contributed by atoms with Crippen LogP contribution in [-0.2, 0) is 9.59 Å². The Labute approximate surface area is 181 Å². The van der Waals surface area contributed by atoms with E-state index in [1.54, 1.807) is 24.3 Å². The van der Waals surface area contributed by atoms with E-state index in [0.29, 0.717) is 56.1 Å². The van der Waals surface area contributed by atoms with Gasteiger partial charge in [-0.3, -0.25) is 19.8 Å². The fraction of sp³-hybridized carbons (Fsp3) is 0.455. The number of carbonyl (C=O) groups is 3. The lowest BCUT2D eigenvalue weighted by molar-refractivity contribution is -0.123. The number of hydrogen-bond acceptors (Lipinski definition) is 4.